The van der Waals surface area contributed by atoms with Gasteiger partial charge in [0, 0.05) is 23.1 Å². The molecule has 1 unspecified atom stereocenters. The summed E-state index contributed by atoms with van der Waals surface area (Å²) in [5.74, 6) is -0.249. The molecule has 4 nitrogen and oxygen atoms in total. The number of carbonyl (C=O) groups excluding carboxylic acids is 1. The van der Waals surface area contributed by atoms with Crippen molar-refractivity contribution in [1.29, 1.82) is 0 Å². The van der Waals surface area contributed by atoms with E-state index in [-0.39, 0.29) is 12.0 Å². The summed E-state index contributed by atoms with van der Waals surface area (Å²) in [6.45, 7) is 4.99. The summed E-state index contributed by atoms with van der Waals surface area (Å²) in [6.07, 6.45) is 1.73. The number of carbonyl (C=O) groups is 1. The Morgan fingerprint density at radius 3 is 2.62 bits per heavy atom. The predicted octanol–water partition coefficient (Wildman–Crippen LogP) is 3.04. The maximum atomic E-state index is 12.1. The molecule has 2 rings (SSSR count). The maximum absolute atomic E-state index is 12.1. The van der Waals surface area contributed by atoms with Crippen LogP contribution in [0.2, 0.25) is 0 Å². The quantitative estimate of drug-likeness (QED) is 0.827. The highest BCUT2D eigenvalue weighted by Crippen LogP contribution is 2.26. The molecule has 0 aromatic heterocycles. The molecule has 0 amide bonds. The minimum Gasteiger partial charge on any atom is -0.466 e. The zero-order valence-electron chi connectivity index (χ0n) is 12.6. The van der Waals surface area contributed by atoms with E-state index in [2.05, 4.69) is 45.4 Å². The third-order valence-corrected chi connectivity index (χ3v) is 4.09. The summed E-state index contributed by atoms with van der Waals surface area (Å²) >= 11 is 3.44. The number of hydrogen-bond acceptors (Lipinski definition) is 4. The number of nitrogens with zero attached hydrogens (tertiary/aromatic N) is 1. The van der Waals surface area contributed by atoms with Gasteiger partial charge in [0.25, 0.3) is 0 Å². The third-order valence-electron chi connectivity index (χ3n) is 3.56. The van der Waals surface area contributed by atoms with Crippen molar-refractivity contribution in [3.05, 3.63) is 45.6 Å². The number of nitrogens with one attached hydrogen (secondary N) is 1. The molecule has 0 saturated heterocycles. The van der Waals surface area contributed by atoms with Gasteiger partial charge in [-0.25, -0.2) is 10.2 Å². The monoisotopic (exact) mass is 352 g/mol. The van der Waals surface area contributed by atoms with Gasteiger partial charge in [0.15, 0.2) is 0 Å². The molecular weight excluding hydrogens is 332 g/mol. The normalized spacial score (nSPS) is 18.3. The van der Waals surface area contributed by atoms with Crippen LogP contribution >= 0.6 is 15.9 Å². The highest BCUT2D eigenvalue weighted by molar-refractivity contribution is 9.10. The van der Waals surface area contributed by atoms with Gasteiger partial charge >= 0.3 is 5.97 Å². The SMILES string of the molecule is CCCN1NC(C)C(C(=O)OC)=C1Cc1ccc(Br)cc1. The van der Waals surface area contributed by atoms with Gasteiger partial charge in [-0.2, -0.15) is 0 Å². The van der Waals surface area contributed by atoms with Crippen molar-refractivity contribution < 1.29 is 9.53 Å². The Morgan fingerprint density at radius 2 is 2.05 bits per heavy atom. The van der Waals surface area contributed by atoms with Crippen molar-refractivity contribution in [3.8, 4) is 0 Å². The summed E-state index contributed by atoms with van der Waals surface area (Å²) in [5.41, 5.74) is 6.27. The number of allylic oxidation sites excluding steroid dienone is 1. The molecule has 0 spiro atoms. The third kappa shape index (κ3) is 3.66. The summed E-state index contributed by atoms with van der Waals surface area (Å²) in [4.78, 5) is 12.1. The van der Waals surface area contributed by atoms with Crippen molar-refractivity contribution in [2.75, 3.05) is 13.7 Å². The zero-order valence-corrected chi connectivity index (χ0v) is 14.2. The van der Waals surface area contributed by atoms with Crippen molar-refractivity contribution >= 4 is 21.9 Å². The first-order valence-corrected chi connectivity index (χ1v) is 7.95. The molecule has 1 aliphatic rings. The predicted molar refractivity (Wildman–Crippen MR) is 86.5 cm³/mol. The van der Waals surface area contributed by atoms with Crippen molar-refractivity contribution in [1.82, 2.24) is 10.4 Å². The molecular formula is C16H21BrN2O2. The fraction of sp³-hybridized carbons (Fsp3) is 0.438. The first-order valence-electron chi connectivity index (χ1n) is 7.16. The van der Waals surface area contributed by atoms with E-state index in [0.29, 0.717) is 0 Å². The molecule has 1 atom stereocenters. The standard InChI is InChI=1S/C16H21BrN2O2/c1-4-9-19-14(10-12-5-7-13(17)8-6-12)15(11(2)18-19)16(20)21-3/h5-8,11,18H,4,9-10H2,1-3H3. The van der Waals surface area contributed by atoms with E-state index in [4.69, 9.17) is 4.74 Å². The van der Waals surface area contributed by atoms with Crippen LogP contribution in [-0.2, 0) is 16.0 Å². The molecule has 5 heteroatoms. The Morgan fingerprint density at radius 1 is 1.38 bits per heavy atom. The number of ether oxygens (including phenoxy) is 1. The van der Waals surface area contributed by atoms with Crippen LogP contribution in [0.4, 0.5) is 0 Å². The average Bonchev–Trinajstić information content (AvgIpc) is 2.77. The van der Waals surface area contributed by atoms with Crippen LogP contribution in [0.5, 0.6) is 0 Å². The van der Waals surface area contributed by atoms with Crippen LogP contribution in [0.3, 0.4) is 0 Å². The first kappa shape index (κ1) is 16.0. The molecule has 0 aliphatic carbocycles. The number of rotatable bonds is 5. The Labute approximate surface area is 134 Å². The van der Waals surface area contributed by atoms with Gasteiger partial charge in [0.2, 0.25) is 0 Å². The average molecular weight is 353 g/mol. The molecule has 0 fully saturated rings. The van der Waals surface area contributed by atoms with Crippen LogP contribution in [-0.4, -0.2) is 30.7 Å². The van der Waals surface area contributed by atoms with E-state index < -0.39 is 0 Å². The number of methoxy groups -OCH3 is 1. The Bertz CT molecular complexity index is 540. The number of hydrogen-bond donors (Lipinski definition) is 1. The number of benzene rings is 1. The number of halogens is 1. The fourth-order valence-electron chi connectivity index (χ4n) is 2.59. The highest BCUT2D eigenvalue weighted by Gasteiger charge is 2.32. The molecule has 1 N–H and O–H groups in total. The maximum Gasteiger partial charge on any atom is 0.337 e. The van der Waals surface area contributed by atoms with Gasteiger partial charge in [-0.1, -0.05) is 35.0 Å². The lowest BCUT2D eigenvalue weighted by Gasteiger charge is -2.22. The summed E-state index contributed by atoms with van der Waals surface area (Å²) in [6, 6.07) is 8.15. The molecule has 1 heterocycles. The lowest BCUT2D eigenvalue weighted by atomic mass is 10.0. The van der Waals surface area contributed by atoms with E-state index in [9.17, 15) is 4.79 Å². The Kier molecular flexibility index (Phi) is 5.42. The Balaban J connectivity index is 2.33. The highest BCUT2D eigenvalue weighted by atomic mass is 79.9. The summed E-state index contributed by atoms with van der Waals surface area (Å²) in [7, 11) is 1.43. The molecule has 1 aromatic carbocycles. The van der Waals surface area contributed by atoms with Crippen molar-refractivity contribution in [2.24, 2.45) is 0 Å². The van der Waals surface area contributed by atoms with E-state index in [0.717, 1.165) is 35.1 Å². The minimum atomic E-state index is -0.249. The molecule has 114 valence electrons. The largest absolute Gasteiger partial charge is 0.466 e. The summed E-state index contributed by atoms with van der Waals surface area (Å²) < 4.78 is 6.00. The minimum absolute atomic E-state index is 0.0190. The van der Waals surface area contributed by atoms with Crippen molar-refractivity contribution in [3.63, 3.8) is 0 Å². The summed E-state index contributed by atoms with van der Waals surface area (Å²) in [5, 5.41) is 2.08. The second kappa shape index (κ2) is 7.09. The fourth-order valence-corrected chi connectivity index (χ4v) is 2.85. The Hall–Kier alpha value is -1.33. The smallest absolute Gasteiger partial charge is 0.337 e. The number of esters is 1. The van der Waals surface area contributed by atoms with Crippen molar-refractivity contribution in [2.45, 2.75) is 32.7 Å². The molecule has 0 radical (unpaired) electrons. The lowest BCUT2D eigenvalue weighted by molar-refractivity contribution is -0.136. The lowest BCUT2D eigenvalue weighted by Crippen LogP contribution is -2.37. The zero-order chi connectivity index (χ0) is 15.4. The molecule has 0 saturated carbocycles. The van der Waals surface area contributed by atoms with Gasteiger partial charge in [-0.05, 0) is 31.0 Å². The van der Waals surface area contributed by atoms with Gasteiger partial charge < -0.3 is 9.75 Å². The van der Waals surface area contributed by atoms with E-state index in [1.807, 2.05) is 19.1 Å². The van der Waals surface area contributed by atoms with E-state index >= 15 is 0 Å². The van der Waals surface area contributed by atoms with E-state index in [1.54, 1.807) is 0 Å². The number of hydrazine groups is 1. The molecule has 0 bridgehead atoms. The van der Waals surface area contributed by atoms with Gasteiger partial charge in [0.1, 0.15) is 0 Å². The van der Waals surface area contributed by atoms with Gasteiger partial charge in [0.05, 0.1) is 18.7 Å². The van der Waals surface area contributed by atoms with Crippen LogP contribution < -0.4 is 5.43 Å². The molecule has 1 aliphatic heterocycles. The van der Waals surface area contributed by atoms with Crippen LogP contribution in [0.1, 0.15) is 25.8 Å². The molecule has 21 heavy (non-hydrogen) atoms. The first-order chi connectivity index (χ1) is 10.1. The second-order valence-corrected chi connectivity index (χ2v) is 6.07. The topological polar surface area (TPSA) is 41.6 Å². The molecule has 1 aromatic rings. The second-order valence-electron chi connectivity index (χ2n) is 5.16. The van der Waals surface area contributed by atoms with E-state index in [1.165, 1.54) is 12.7 Å². The van der Waals surface area contributed by atoms with Gasteiger partial charge in [-0.15, -0.1) is 0 Å². The van der Waals surface area contributed by atoms with Crippen LogP contribution in [0.25, 0.3) is 0 Å². The van der Waals surface area contributed by atoms with Crippen LogP contribution in [0, 0.1) is 0 Å². The van der Waals surface area contributed by atoms with Gasteiger partial charge in [-0.3, -0.25) is 0 Å². The van der Waals surface area contributed by atoms with Crippen LogP contribution in [0.15, 0.2) is 40.0 Å².